The maximum absolute atomic E-state index is 12.8. The van der Waals surface area contributed by atoms with Crippen molar-refractivity contribution in [1.82, 2.24) is 14.9 Å². The highest BCUT2D eigenvalue weighted by Gasteiger charge is 2.35. The van der Waals surface area contributed by atoms with Gasteiger partial charge < -0.3 is 20.6 Å². The van der Waals surface area contributed by atoms with E-state index < -0.39 is 5.60 Å². The van der Waals surface area contributed by atoms with Crippen LogP contribution in [0.2, 0.25) is 0 Å². The Kier molecular flexibility index (Phi) is 5.65. The zero-order valence-electron chi connectivity index (χ0n) is 17.2. The molecule has 0 atom stereocenters. The number of benzene rings is 1. The lowest BCUT2D eigenvalue weighted by molar-refractivity contribution is -0.00799. The van der Waals surface area contributed by atoms with Gasteiger partial charge in [-0.25, -0.2) is 0 Å². The van der Waals surface area contributed by atoms with Crippen LogP contribution in [-0.4, -0.2) is 58.2 Å². The predicted molar refractivity (Wildman–Crippen MR) is 117 cm³/mol. The van der Waals surface area contributed by atoms with Gasteiger partial charge in [-0.1, -0.05) is 12.1 Å². The molecular weight excluding hydrogens is 378 g/mol. The molecule has 3 aromatic rings. The van der Waals surface area contributed by atoms with Gasteiger partial charge in [-0.05, 0) is 48.7 Å². The van der Waals surface area contributed by atoms with Gasteiger partial charge in [0.25, 0.3) is 5.91 Å². The van der Waals surface area contributed by atoms with E-state index in [0.717, 1.165) is 22.3 Å². The Morgan fingerprint density at radius 1 is 1.13 bits per heavy atom. The van der Waals surface area contributed by atoms with Crippen molar-refractivity contribution in [3.63, 3.8) is 0 Å². The fourth-order valence-electron chi connectivity index (χ4n) is 4.06. The minimum atomic E-state index is -0.908. The van der Waals surface area contributed by atoms with E-state index >= 15 is 0 Å². The van der Waals surface area contributed by atoms with Crippen molar-refractivity contribution < 1.29 is 9.90 Å². The van der Waals surface area contributed by atoms with Gasteiger partial charge in [-0.15, -0.1) is 0 Å². The van der Waals surface area contributed by atoms with E-state index in [2.05, 4.69) is 14.9 Å². The summed E-state index contributed by atoms with van der Waals surface area (Å²) in [6, 6.07) is 13.1. The van der Waals surface area contributed by atoms with Gasteiger partial charge in [0.1, 0.15) is 5.52 Å². The number of aromatic nitrogens is 2. The van der Waals surface area contributed by atoms with Crippen molar-refractivity contribution in [2.45, 2.75) is 25.0 Å². The molecular formula is C23H27N5O2. The average molecular weight is 406 g/mol. The molecule has 4 rings (SSSR count). The highest BCUT2D eigenvalue weighted by atomic mass is 16.3. The van der Waals surface area contributed by atoms with Crippen LogP contribution in [0.1, 0.15) is 28.8 Å². The SMILES string of the molecule is CN(CC1(O)CCN(c2ccnc3cccnc23)CC1)C(=O)c1ccc(CN)cc1. The molecule has 30 heavy (non-hydrogen) atoms. The zero-order chi connectivity index (χ0) is 21.1. The van der Waals surface area contributed by atoms with E-state index in [1.165, 1.54) is 0 Å². The summed E-state index contributed by atoms with van der Waals surface area (Å²) in [6.45, 7) is 2.13. The van der Waals surface area contributed by atoms with Crippen molar-refractivity contribution in [2.75, 3.05) is 31.6 Å². The summed E-state index contributed by atoms with van der Waals surface area (Å²) in [5, 5.41) is 11.1. The first-order valence-corrected chi connectivity index (χ1v) is 10.2. The summed E-state index contributed by atoms with van der Waals surface area (Å²) in [6.07, 6.45) is 4.72. The first-order chi connectivity index (χ1) is 14.5. The average Bonchev–Trinajstić information content (AvgIpc) is 2.78. The second kappa shape index (κ2) is 8.38. The molecule has 0 bridgehead atoms. The number of likely N-dealkylation sites (N-methyl/N-ethyl adjacent to an activating group) is 1. The molecule has 1 aliphatic heterocycles. The monoisotopic (exact) mass is 405 g/mol. The molecule has 0 aliphatic carbocycles. The van der Waals surface area contributed by atoms with Gasteiger partial charge in [0, 0.05) is 51.2 Å². The number of hydrogen-bond donors (Lipinski definition) is 2. The number of hydrogen-bond acceptors (Lipinski definition) is 6. The molecule has 3 N–H and O–H groups in total. The van der Waals surface area contributed by atoms with E-state index in [9.17, 15) is 9.90 Å². The van der Waals surface area contributed by atoms with Gasteiger partial charge in [0.05, 0.1) is 16.8 Å². The number of pyridine rings is 2. The summed E-state index contributed by atoms with van der Waals surface area (Å²) in [5.74, 6) is -0.0984. The van der Waals surface area contributed by atoms with Crippen molar-refractivity contribution in [1.29, 1.82) is 0 Å². The number of anilines is 1. The third-order valence-electron chi connectivity index (χ3n) is 5.82. The Bertz CT molecular complexity index is 1020. The van der Waals surface area contributed by atoms with E-state index in [1.807, 2.05) is 30.3 Å². The van der Waals surface area contributed by atoms with Crippen molar-refractivity contribution in [3.05, 3.63) is 66.0 Å². The molecule has 1 amide bonds. The minimum absolute atomic E-state index is 0.0984. The fraction of sp³-hybridized carbons (Fsp3) is 0.348. The van der Waals surface area contributed by atoms with E-state index in [-0.39, 0.29) is 5.91 Å². The summed E-state index contributed by atoms with van der Waals surface area (Å²) in [4.78, 5) is 25.4. The van der Waals surface area contributed by atoms with Crippen LogP contribution >= 0.6 is 0 Å². The quantitative estimate of drug-likeness (QED) is 0.676. The lowest BCUT2D eigenvalue weighted by atomic mass is 9.90. The second-order valence-electron chi connectivity index (χ2n) is 7.97. The smallest absolute Gasteiger partial charge is 0.253 e. The van der Waals surface area contributed by atoms with Gasteiger partial charge in [0.15, 0.2) is 0 Å². The topological polar surface area (TPSA) is 95.6 Å². The molecule has 156 valence electrons. The number of rotatable bonds is 5. The molecule has 7 heteroatoms. The Labute approximate surface area is 176 Å². The number of piperidine rings is 1. The van der Waals surface area contributed by atoms with Gasteiger partial charge in [-0.3, -0.25) is 14.8 Å². The maximum Gasteiger partial charge on any atom is 0.253 e. The summed E-state index contributed by atoms with van der Waals surface area (Å²) in [7, 11) is 1.74. The van der Waals surface area contributed by atoms with Crippen LogP contribution < -0.4 is 10.6 Å². The number of carbonyl (C=O) groups excluding carboxylic acids is 1. The van der Waals surface area contributed by atoms with Crippen LogP contribution in [0, 0.1) is 0 Å². The Hall–Kier alpha value is -3.03. The number of amides is 1. The van der Waals surface area contributed by atoms with Gasteiger partial charge in [-0.2, -0.15) is 0 Å². The molecule has 1 aromatic carbocycles. The highest BCUT2D eigenvalue weighted by Crippen LogP contribution is 2.30. The third-order valence-corrected chi connectivity index (χ3v) is 5.82. The van der Waals surface area contributed by atoms with Crippen LogP contribution in [0.5, 0.6) is 0 Å². The Morgan fingerprint density at radius 3 is 2.57 bits per heavy atom. The number of aliphatic hydroxyl groups is 1. The molecule has 0 radical (unpaired) electrons. The van der Waals surface area contributed by atoms with E-state index in [1.54, 1.807) is 36.5 Å². The number of carbonyl (C=O) groups is 1. The molecule has 0 unspecified atom stereocenters. The molecule has 1 fully saturated rings. The third kappa shape index (κ3) is 4.13. The molecule has 2 aromatic heterocycles. The molecule has 3 heterocycles. The van der Waals surface area contributed by atoms with Gasteiger partial charge >= 0.3 is 0 Å². The van der Waals surface area contributed by atoms with Crippen LogP contribution in [0.25, 0.3) is 11.0 Å². The zero-order valence-corrected chi connectivity index (χ0v) is 17.2. The number of nitrogens with two attached hydrogens (primary N) is 1. The lowest BCUT2D eigenvalue weighted by Gasteiger charge is -2.41. The van der Waals surface area contributed by atoms with Crippen LogP contribution in [-0.2, 0) is 6.54 Å². The predicted octanol–water partition coefficient (Wildman–Crippen LogP) is 2.19. The highest BCUT2D eigenvalue weighted by molar-refractivity contribution is 5.94. The summed E-state index contributed by atoms with van der Waals surface area (Å²) < 4.78 is 0. The lowest BCUT2D eigenvalue weighted by Crippen LogP contribution is -2.51. The number of fused-ring (bicyclic) bond motifs is 1. The van der Waals surface area contributed by atoms with Crippen molar-refractivity contribution in [2.24, 2.45) is 5.73 Å². The van der Waals surface area contributed by atoms with Crippen LogP contribution in [0.4, 0.5) is 5.69 Å². The largest absolute Gasteiger partial charge is 0.388 e. The normalized spacial score (nSPS) is 15.9. The van der Waals surface area contributed by atoms with Crippen LogP contribution in [0.3, 0.4) is 0 Å². The Balaban J connectivity index is 1.41. The van der Waals surface area contributed by atoms with E-state index in [0.29, 0.717) is 44.6 Å². The first kappa shape index (κ1) is 20.3. The molecule has 1 saturated heterocycles. The number of nitrogens with zero attached hydrogens (tertiary/aromatic N) is 4. The molecule has 1 aliphatic rings. The fourth-order valence-corrected chi connectivity index (χ4v) is 4.06. The molecule has 0 spiro atoms. The van der Waals surface area contributed by atoms with Gasteiger partial charge in [0.2, 0.25) is 0 Å². The van der Waals surface area contributed by atoms with Crippen molar-refractivity contribution in [3.8, 4) is 0 Å². The van der Waals surface area contributed by atoms with E-state index in [4.69, 9.17) is 5.73 Å². The molecule has 7 nitrogen and oxygen atoms in total. The summed E-state index contributed by atoms with van der Waals surface area (Å²) in [5.41, 5.74) is 9.07. The molecule has 0 saturated carbocycles. The van der Waals surface area contributed by atoms with Crippen molar-refractivity contribution >= 4 is 22.6 Å². The Morgan fingerprint density at radius 2 is 1.87 bits per heavy atom. The maximum atomic E-state index is 12.8. The minimum Gasteiger partial charge on any atom is -0.388 e. The first-order valence-electron chi connectivity index (χ1n) is 10.2. The standard InChI is InChI=1S/C23H27N5O2/c1-27(22(29)18-6-4-17(15-24)5-7-18)16-23(30)9-13-28(14-10-23)20-8-12-25-19-3-2-11-26-21(19)20/h2-8,11-12,30H,9-10,13-16,24H2,1H3. The second-order valence-corrected chi connectivity index (χ2v) is 7.97. The van der Waals surface area contributed by atoms with Crippen LogP contribution in [0.15, 0.2) is 54.9 Å². The summed E-state index contributed by atoms with van der Waals surface area (Å²) >= 11 is 0.